The minimum atomic E-state index is -0.340. The molecule has 2 aliphatic rings. The van der Waals surface area contributed by atoms with Crippen LogP contribution in [0.25, 0.3) is 0 Å². The summed E-state index contributed by atoms with van der Waals surface area (Å²) in [7, 11) is 0. The highest BCUT2D eigenvalue weighted by Crippen LogP contribution is 2.43. The number of nitrogens with zero attached hydrogens (tertiary/aromatic N) is 3. The van der Waals surface area contributed by atoms with E-state index in [9.17, 15) is 4.79 Å². The molecule has 1 aromatic carbocycles. The van der Waals surface area contributed by atoms with Crippen LogP contribution in [0.1, 0.15) is 24.8 Å². The Morgan fingerprint density at radius 2 is 1.96 bits per heavy atom. The topological polar surface area (TPSA) is 79.4 Å². The molecule has 4 rings (SSSR count). The first-order valence-electron chi connectivity index (χ1n) is 9.03. The molecule has 1 amide bonds. The summed E-state index contributed by atoms with van der Waals surface area (Å²) in [6.07, 6.45) is 1.73. The van der Waals surface area contributed by atoms with Gasteiger partial charge in [0.2, 0.25) is 5.95 Å². The second-order valence-corrected chi connectivity index (χ2v) is 8.29. The average Bonchev–Trinajstić information content (AvgIpc) is 2.95. The molecule has 3 heterocycles. The van der Waals surface area contributed by atoms with Crippen LogP contribution in [-0.2, 0) is 4.74 Å². The number of amides is 1. The summed E-state index contributed by atoms with van der Waals surface area (Å²) in [5.74, 6) is 0.530. The largest absolute Gasteiger partial charge is 0.378 e. The normalized spacial score (nSPS) is 21.8. The summed E-state index contributed by atoms with van der Waals surface area (Å²) >= 11 is 1.27. The van der Waals surface area contributed by atoms with Crippen molar-refractivity contribution in [2.75, 3.05) is 36.5 Å². The number of carbonyl (C=O) groups is 1. The third-order valence-electron chi connectivity index (χ3n) is 4.75. The van der Waals surface area contributed by atoms with Crippen molar-refractivity contribution in [3.8, 4) is 0 Å². The van der Waals surface area contributed by atoms with Gasteiger partial charge in [-0.3, -0.25) is 4.79 Å². The molecule has 1 aromatic heterocycles. The molecule has 2 aromatic rings. The number of ether oxygens (including phenoxy) is 1. The van der Waals surface area contributed by atoms with Crippen LogP contribution >= 0.6 is 11.8 Å². The van der Waals surface area contributed by atoms with Crippen LogP contribution in [0.3, 0.4) is 0 Å². The highest BCUT2D eigenvalue weighted by atomic mass is 32.2. The van der Waals surface area contributed by atoms with Gasteiger partial charge in [-0.25, -0.2) is 9.97 Å². The summed E-state index contributed by atoms with van der Waals surface area (Å²) in [4.78, 5) is 23.0. The van der Waals surface area contributed by atoms with E-state index >= 15 is 0 Å². The lowest BCUT2D eigenvalue weighted by Crippen LogP contribution is -2.38. The summed E-state index contributed by atoms with van der Waals surface area (Å²) in [5.41, 5.74) is 2.61. The van der Waals surface area contributed by atoms with Gasteiger partial charge in [0, 0.05) is 30.7 Å². The number of nitrogens with one attached hydrogen (secondary N) is 2. The molecule has 0 spiro atoms. The van der Waals surface area contributed by atoms with Crippen molar-refractivity contribution in [3.63, 3.8) is 0 Å². The molecular weight excluding hydrogens is 362 g/mol. The zero-order chi connectivity index (χ0) is 18.9. The van der Waals surface area contributed by atoms with Crippen molar-refractivity contribution in [1.82, 2.24) is 15.3 Å². The second-order valence-electron chi connectivity index (χ2n) is 7.21. The highest BCUT2D eigenvalue weighted by molar-refractivity contribution is 8.14. The monoisotopic (exact) mass is 385 g/mol. The van der Waals surface area contributed by atoms with Crippen LogP contribution in [0.4, 0.5) is 22.1 Å². The number of anilines is 3. The Bertz CT molecular complexity index is 821. The van der Waals surface area contributed by atoms with Crippen molar-refractivity contribution < 1.29 is 9.53 Å². The van der Waals surface area contributed by atoms with Gasteiger partial charge in [0.1, 0.15) is 0 Å². The van der Waals surface area contributed by atoms with E-state index in [1.54, 1.807) is 6.20 Å². The van der Waals surface area contributed by atoms with E-state index in [0.717, 1.165) is 37.7 Å². The molecule has 2 saturated heterocycles. The zero-order valence-electron chi connectivity index (χ0n) is 15.4. The molecular formula is C19H23N5O2S. The van der Waals surface area contributed by atoms with Gasteiger partial charge in [0.15, 0.2) is 0 Å². The van der Waals surface area contributed by atoms with Crippen molar-refractivity contribution in [1.29, 1.82) is 0 Å². The molecule has 0 radical (unpaired) electrons. The van der Waals surface area contributed by atoms with Crippen LogP contribution in [0.5, 0.6) is 0 Å². The Labute approximate surface area is 162 Å². The molecule has 0 saturated carbocycles. The Hall–Kier alpha value is -2.32. The SMILES string of the molecule is CC1(C)NC(=O)SC1c1ccnc(Nc2ccc(N3CCOCC3)cc2)n1. The third kappa shape index (κ3) is 4.01. The van der Waals surface area contributed by atoms with Crippen molar-refractivity contribution in [2.45, 2.75) is 24.6 Å². The van der Waals surface area contributed by atoms with E-state index in [2.05, 4.69) is 37.6 Å². The lowest BCUT2D eigenvalue weighted by molar-refractivity contribution is 0.122. The van der Waals surface area contributed by atoms with Gasteiger partial charge in [0.05, 0.1) is 29.7 Å². The molecule has 1 unspecified atom stereocenters. The van der Waals surface area contributed by atoms with Crippen LogP contribution in [0.15, 0.2) is 36.5 Å². The maximum Gasteiger partial charge on any atom is 0.280 e. The lowest BCUT2D eigenvalue weighted by atomic mass is 9.98. The molecule has 8 heteroatoms. The third-order valence-corrected chi connectivity index (χ3v) is 6.13. The number of rotatable bonds is 4. The Morgan fingerprint density at radius 1 is 1.22 bits per heavy atom. The number of carbonyl (C=O) groups excluding carboxylic acids is 1. The molecule has 7 nitrogen and oxygen atoms in total. The number of aromatic nitrogens is 2. The molecule has 1 atom stereocenters. The predicted molar refractivity (Wildman–Crippen MR) is 108 cm³/mol. The van der Waals surface area contributed by atoms with Gasteiger partial charge in [-0.2, -0.15) is 0 Å². The fourth-order valence-corrected chi connectivity index (χ4v) is 4.47. The van der Waals surface area contributed by atoms with Crippen LogP contribution in [0, 0.1) is 0 Å². The van der Waals surface area contributed by atoms with Crippen LogP contribution in [-0.4, -0.2) is 47.0 Å². The molecule has 0 bridgehead atoms. The maximum absolute atomic E-state index is 11.8. The minimum absolute atomic E-state index is 0.0168. The smallest absolute Gasteiger partial charge is 0.280 e. The molecule has 27 heavy (non-hydrogen) atoms. The number of thioether (sulfide) groups is 1. The van der Waals surface area contributed by atoms with Gasteiger partial charge in [-0.1, -0.05) is 11.8 Å². The first-order chi connectivity index (χ1) is 13.0. The molecule has 2 aliphatic heterocycles. The Morgan fingerprint density at radius 3 is 2.63 bits per heavy atom. The van der Waals surface area contributed by atoms with E-state index in [1.807, 2.05) is 32.0 Å². The average molecular weight is 385 g/mol. The van der Waals surface area contributed by atoms with Gasteiger partial charge < -0.3 is 20.3 Å². The maximum atomic E-state index is 11.8. The predicted octanol–water partition coefficient (Wildman–Crippen LogP) is 3.33. The van der Waals surface area contributed by atoms with E-state index < -0.39 is 0 Å². The Kier molecular flexibility index (Phi) is 4.92. The standard InChI is InChI=1S/C19H23N5O2S/c1-19(2)16(27-18(25)23-19)15-7-8-20-17(22-15)21-13-3-5-14(6-4-13)24-9-11-26-12-10-24/h3-8,16H,9-12H2,1-2H3,(H,23,25)(H,20,21,22). The van der Waals surface area contributed by atoms with Gasteiger partial charge in [0.25, 0.3) is 5.24 Å². The summed E-state index contributed by atoms with van der Waals surface area (Å²) in [6, 6.07) is 10.1. The quantitative estimate of drug-likeness (QED) is 0.836. The summed E-state index contributed by atoms with van der Waals surface area (Å²) < 4.78 is 5.40. The lowest BCUT2D eigenvalue weighted by Gasteiger charge is -2.28. The van der Waals surface area contributed by atoms with E-state index in [-0.39, 0.29) is 16.0 Å². The summed E-state index contributed by atoms with van der Waals surface area (Å²) in [6.45, 7) is 7.39. The zero-order valence-corrected chi connectivity index (χ0v) is 16.3. The van der Waals surface area contributed by atoms with Crippen molar-refractivity contribution >= 4 is 34.3 Å². The first-order valence-corrected chi connectivity index (χ1v) is 9.91. The molecule has 142 valence electrons. The fourth-order valence-electron chi connectivity index (χ4n) is 3.33. The minimum Gasteiger partial charge on any atom is -0.378 e. The number of hydrogen-bond acceptors (Lipinski definition) is 7. The van der Waals surface area contributed by atoms with E-state index in [1.165, 1.54) is 17.4 Å². The highest BCUT2D eigenvalue weighted by Gasteiger charge is 2.42. The molecule has 2 fully saturated rings. The van der Waals surface area contributed by atoms with Gasteiger partial charge in [-0.05, 0) is 44.2 Å². The molecule has 0 aliphatic carbocycles. The summed E-state index contributed by atoms with van der Waals surface area (Å²) in [5, 5.41) is 6.17. The fraction of sp³-hybridized carbons (Fsp3) is 0.421. The first kappa shape index (κ1) is 18.1. The van der Waals surface area contributed by atoms with Crippen molar-refractivity contribution in [2.24, 2.45) is 0 Å². The Balaban J connectivity index is 1.47. The second kappa shape index (κ2) is 7.36. The van der Waals surface area contributed by atoms with E-state index in [0.29, 0.717) is 5.95 Å². The number of benzene rings is 1. The van der Waals surface area contributed by atoms with Crippen LogP contribution in [0.2, 0.25) is 0 Å². The number of hydrogen-bond donors (Lipinski definition) is 2. The van der Waals surface area contributed by atoms with Crippen LogP contribution < -0.4 is 15.5 Å². The number of morpholine rings is 1. The van der Waals surface area contributed by atoms with E-state index in [4.69, 9.17) is 4.74 Å². The molecule has 2 N–H and O–H groups in total. The van der Waals surface area contributed by atoms with Gasteiger partial charge in [-0.15, -0.1) is 0 Å². The van der Waals surface area contributed by atoms with Gasteiger partial charge >= 0.3 is 0 Å². The van der Waals surface area contributed by atoms with Crippen molar-refractivity contribution in [3.05, 3.63) is 42.2 Å².